The van der Waals surface area contributed by atoms with Crippen LogP contribution in [-0.4, -0.2) is 39.5 Å². The minimum absolute atomic E-state index is 0.0203. The summed E-state index contributed by atoms with van der Waals surface area (Å²) in [7, 11) is 0. The smallest absolute Gasteiger partial charge is 0.416 e. The number of phenols is 1. The Morgan fingerprint density at radius 2 is 1.84 bits per heavy atom. The van der Waals surface area contributed by atoms with E-state index in [1.54, 1.807) is 0 Å². The van der Waals surface area contributed by atoms with Crippen molar-refractivity contribution >= 4 is 12.3 Å². The van der Waals surface area contributed by atoms with Gasteiger partial charge in [-0.2, -0.15) is 13.2 Å². The summed E-state index contributed by atoms with van der Waals surface area (Å²) >= 11 is 0. The first kappa shape index (κ1) is 31.3. The monoisotopic (exact) mass is 539 g/mol. The number of anilines is 1. The lowest BCUT2D eigenvalue weighted by atomic mass is 9.91. The highest BCUT2D eigenvalue weighted by Crippen LogP contribution is 2.42. The van der Waals surface area contributed by atoms with E-state index in [0.29, 0.717) is 30.7 Å². The van der Waals surface area contributed by atoms with Gasteiger partial charge in [-0.25, -0.2) is 0 Å². The van der Waals surface area contributed by atoms with Crippen molar-refractivity contribution in [2.24, 2.45) is 0 Å². The third-order valence-electron chi connectivity index (χ3n) is 6.69. The Morgan fingerprint density at radius 1 is 1.13 bits per heavy atom. The van der Waals surface area contributed by atoms with Crippen LogP contribution in [0.1, 0.15) is 94.4 Å². The van der Waals surface area contributed by atoms with Gasteiger partial charge in [0, 0.05) is 23.8 Å². The molecular weight excluding hydrogens is 499 g/mol. The van der Waals surface area contributed by atoms with Crippen LogP contribution in [0.5, 0.6) is 5.75 Å². The van der Waals surface area contributed by atoms with E-state index in [2.05, 4.69) is 36.3 Å². The summed E-state index contributed by atoms with van der Waals surface area (Å²) in [6.07, 6.45) is 5.08. The number of halogens is 3. The summed E-state index contributed by atoms with van der Waals surface area (Å²) in [5.74, 6) is 0.317. The van der Waals surface area contributed by atoms with Crippen LogP contribution in [0, 0.1) is 0 Å². The molecule has 38 heavy (non-hydrogen) atoms. The maximum absolute atomic E-state index is 13.4. The number of nitrogens with one attached hydrogen (secondary N) is 1. The molecule has 1 aromatic carbocycles. The Hall–Kier alpha value is -2.88. The number of hydrogen-bond donors (Lipinski definition) is 3. The molecule has 1 aliphatic rings. The zero-order chi connectivity index (χ0) is 28.1. The first-order valence-electron chi connectivity index (χ1n) is 13.5. The second kappa shape index (κ2) is 15.5. The Morgan fingerprint density at radius 3 is 2.47 bits per heavy atom. The van der Waals surface area contributed by atoms with Crippen molar-refractivity contribution in [3.63, 3.8) is 0 Å². The van der Waals surface area contributed by atoms with Crippen molar-refractivity contribution in [3.8, 4) is 17.0 Å². The number of fused-ring (bicyclic) bond motifs is 3. The largest absolute Gasteiger partial charge is 0.507 e. The van der Waals surface area contributed by atoms with E-state index in [-0.39, 0.29) is 24.7 Å². The number of benzene rings is 1. The molecule has 0 bridgehead atoms. The predicted molar refractivity (Wildman–Crippen MR) is 141 cm³/mol. The minimum Gasteiger partial charge on any atom is -0.507 e. The SMILES string of the molecule is CCCCCC(CC)Nc1nnc2c(c1CCCC)CCCOCc1cc(C(F)(F)F)cc(O)c1-2.O=CO. The molecule has 212 valence electrons. The van der Waals surface area contributed by atoms with Crippen LogP contribution < -0.4 is 5.32 Å². The van der Waals surface area contributed by atoms with Gasteiger partial charge in [-0.3, -0.25) is 4.79 Å². The van der Waals surface area contributed by atoms with Gasteiger partial charge in [-0.1, -0.05) is 46.5 Å². The topological polar surface area (TPSA) is 105 Å². The van der Waals surface area contributed by atoms with E-state index < -0.39 is 17.5 Å². The molecule has 1 atom stereocenters. The summed E-state index contributed by atoms with van der Waals surface area (Å²) < 4.78 is 46.0. The zero-order valence-electron chi connectivity index (χ0n) is 22.5. The molecule has 0 amide bonds. The number of carboxylic acid groups (broad SMARTS) is 1. The van der Waals surface area contributed by atoms with Crippen molar-refractivity contribution < 1.29 is 32.9 Å². The second-order valence-corrected chi connectivity index (χ2v) is 9.49. The summed E-state index contributed by atoms with van der Waals surface area (Å²) in [4.78, 5) is 8.36. The highest BCUT2D eigenvalue weighted by Gasteiger charge is 2.33. The van der Waals surface area contributed by atoms with Gasteiger partial charge in [0.2, 0.25) is 0 Å². The van der Waals surface area contributed by atoms with Gasteiger partial charge in [-0.05, 0) is 61.8 Å². The third-order valence-corrected chi connectivity index (χ3v) is 6.69. The predicted octanol–water partition coefficient (Wildman–Crippen LogP) is 7.15. The van der Waals surface area contributed by atoms with Crippen molar-refractivity contribution in [2.75, 3.05) is 11.9 Å². The van der Waals surface area contributed by atoms with Gasteiger partial charge in [0.25, 0.3) is 6.47 Å². The van der Waals surface area contributed by atoms with Crippen LogP contribution in [0.3, 0.4) is 0 Å². The summed E-state index contributed by atoms with van der Waals surface area (Å²) in [6, 6.07) is 2.12. The number of rotatable bonds is 10. The van der Waals surface area contributed by atoms with Gasteiger partial charge in [-0.15, -0.1) is 10.2 Å². The van der Waals surface area contributed by atoms with E-state index in [9.17, 15) is 18.3 Å². The molecule has 0 fully saturated rings. The molecule has 0 saturated carbocycles. The van der Waals surface area contributed by atoms with Crippen LogP contribution >= 0.6 is 0 Å². The van der Waals surface area contributed by atoms with Gasteiger partial charge >= 0.3 is 6.18 Å². The molecule has 7 nitrogen and oxygen atoms in total. The van der Waals surface area contributed by atoms with Gasteiger partial charge in [0.1, 0.15) is 11.4 Å². The normalized spacial score (nSPS) is 14.1. The lowest BCUT2D eigenvalue weighted by Crippen LogP contribution is -2.22. The summed E-state index contributed by atoms with van der Waals surface area (Å²) in [5.41, 5.74) is 2.14. The fourth-order valence-electron chi connectivity index (χ4n) is 4.70. The average molecular weight is 540 g/mol. The third kappa shape index (κ3) is 8.58. The number of nitrogens with zero attached hydrogens (tertiary/aromatic N) is 2. The van der Waals surface area contributed by atoms with Crippen LogP contribution in [0.4, 0.5) is 19.0 Å². The second-order valence-electron chi connectivity index (χ2n) is 9.49. The van der Waals surface area contributed by atoms with Crippen LogP contribution in [0.2, 0.25) is 0 Å². The molecule has 0 radical (unpaired) electrons. The number of alkyl halides is 3. The highest BCUT2D eigenvalue weighted by atomic mass is 19.4. The molecule has 2 heterocycles. The molecule has 1 aliphatic heterocycles. The van der Waals surface area contributed by atoms with Gasteiger partial charge in [0.15, 0.2) is 5.82 Å². The first-order valence-corrected chi connectivity index (χ1v) is 13.5. The maximum Gasteiger partial charge on any atom is 0.416 e. The number of ether oxygens (including phenoxy) is 1. The summed E-state index contributed by atoms with van der Waals surface area (Å²) in [6.45, 7) is 6.62. The fraction of sp³-hybridized carbons (Fsp3) is 0.607. The molecule has 10 heteroatoms. The molecule has 0 saturated heterocycles. The van der Waals surface area contributed by atoms with Gasteiger partial charge < -0.3 is 20.3 Å². The van der Waals surface area contributed by atoms with Crippen LogP contribution in [0.25, 0.3) is 11.3 Å². The number of aromatic nitrogens is 2. The zero-order valence-corrected chi connectivity index (χ0v) is 22.5. The minimum atomic E-state index is -4.56. The van der Waals surface area contributed by atoms with E-state index >= 15 is 0 Å². The molecule has 0 spiro atoms. The molecule has 1 unspecified atom stereocenters. The quantitative estimate of drug-likeness (QED) is 0.218. The van der Waals surface area contributed by atoms with Crippen molar-refractivity contribution in [1.82, 2.24) is 10.2 Å². The average Bonchev–Trinajstić information content (AvgIpc) is 2.96. The Bertz CT molecular complexity index is 1030. The van der Waals surface area contributed by atoms with Crippen molar-refractivity contribution in [1.29, 1.82) is 0 Å². The van der Waals surface area contributed by atoms with Gasteiger partial charge in [0.05, 0.1) is 12.2 Å². The molecule has 2 aromatic rings. The highest BCUT2D eigenvalue weighted by molar-refractivity contribution is 5.76. The van der Waals surface area contributed by atoms with Crippen molar-refractivity contribution in [3.05, 3.63) is 34.4 Å². The first-order chi connectivity index (χ1) is 18.2. The molecule has 1 aromatic heterocycles. The molecular formula is C28H40F3N3O4. The maximum atomic E-state index is 13.4. The number of carbonyl (C=O) groups is 1. The fourth-order valence-corrected chi connectivity index (χ4v) is 4.70. The molecule has 0 aliphatic carbocycles. The Labute approximate surface area is 222 Å². The number of unbranched alkanes of at least 4 members (excludes halogenated alkanes) is 3. The van der Waals surface area contributed by atoms with E-state index in [0.717, 1.165) is 74.0 Å². The number of aromatic hydroxyl groups is 1. The lowest BCUT2D eigenvalue weighted by molar-refractivity contribution is -0.137. The van der Waals surface area contributed by atoms with E-state index in [1.807, 2.05) is 0 Å². The molecule has 3 rings (SSSR count). The van der Waals surface area contributed by atoms with Crippen molar-refractivity contribution in [2.45, 2.75) is 104 Å². The Balaban J connectivity index is 0.00000161. The number of hydrogen-bond acceptors (Lipinski definition) is 6. The lowest BCUT2D eigenvalue weighted by Gasteiger charge is -2.23. The van der Waals surface area contributed by atoms with Crippen LogP contribution in [0.15, 0.2) is 12.1 Å². The molecule has 3 N–H and O–H groups in total. The summed E-state index contributed by atoms with van der Waals surface area (Å²) in [5, 5.41) is 30.3. The standard InChI is InChI=1S/C27H38F3N3O2.CH2O2/c1-4-7-9-11-20(6-3)31-26-22(12-8-5-2)21-13-10-14-35-17-18-15-19(27(28,29)30)16-23(34)24(18)25(21)32-33-26;2-1-3/h15-16,20,34H,4-14,17H2,1-3H3,(H,31,33);1H,(H,2,3). The van der Waals surface area contributed by atoms with Crippen LogP contribution in [-0.2, 0) is 35.2 Å². The van der Waals surface area contributed by atoms with E-state index in [4.69, 9.17) is 14.6 Å². The van der Waals surface area contributed by atoms with E-state index in [1.165, 1.54) is 6.42 Å². The number of phenolic OH excluding ortho intramolecular Hbond substituents is 1. The Kier molecular flexibility index (Phi) is 12.8.